The zero-order chi connectivity index (χ0) is 16.7. The highest BCUT2D eigenvalue weighted by molar-refractivity contribution is 6.80. The van der Waals surface area contributed by atoms with Crippen LogP contribution >= 0.6 is 0 Å². The van der Waals surface area contributed by atoms with Crippen molar-refractivity contribution >= 4 is 19.4 Å². The van der Waals surface area contributed by atoms with E-state index in [1.165, 1.54) is 10.4 Å². The molecular formula is C20H26O3Si. The highest BCUT2D eigenvalue weighted by atomic mass is 28.3. The van der Waals surface area contributed by atoms with Crippen molar-refractivity contribution in [1.29, 1.82) is 0 Å². The summed E-state index contributed by atoms with van der Waals surface area (Å²) in [5.74, 6) is -0.551. The molecule has 0 amide bonds. The second-order valence-corrected chi connectivity index (χ2v) is 8.65. The Morgan fingerprint density at radius 3 is 1.96 bits per heavy atom. The first-order valence-electron chi connectivity index (χ1n) is 8.82. The summed E-state index contributed by atoms with van der Waals surface area (Å²) in [4.78, 5) is 0. The molecule has 0 radical (unpaired) electrons. The normalized spacial score (nSPS) is 16.6. The summed E-state index contributed by atoms with van der Waals surface area (Å²) < 4.78 is 18.4. The van der Waals surface area contributed by atoms with Gasteiger partial charge in [0.1, 0.15) is 0 Å². The highest BCUT2D eigenvalue weighted by Gasteiger charge is 2.37. The summed E-state index contributed by atoms with van der Waals surface area (Å²) in [6, 6.07) is 21.1. The van der Waals surface area contributed by atoms with Crippen LogP contribution in [0, 0.1) is 0 Å². The first-order chi connectivity index (χ1) is 11.8. The Morgan fingerprint density at radius 2 is 1.46 bits per heavy atom. The standard InChI is InChI=1S/C20H26O3Si/c1-2-3-14-20(21-15-16-22-20)17-23-24(18-10-6-4-7-11-18)19-12-8-5-9-13-19/h4-13,24H,2-3,14-17H2,1H3. The lowest BCUT2D eigenvalue weighted by Gasteiger charge is -2.29. The van der Waals surface area contributed by atoms with Crippen LogP contribution < -0.4 is 10.4 Å². The third-order valence-electron chi connectivity index (χ3n) is 4.40. The molecule has 0 saturated carbocycles. The minimum absolute atomic E-state index is 0.508. The molecule has 24 heavy (non-hydrogen) atoms. The lowest BCUT2D eigenvalue weighted by atomic mass is 10.1. The fourth-order valence-corrected chi connectivity index (χ4v) is 5.43. The molecule has 1 saturated heterocycles. The van der Waals surface area contributed by atoms with E-state index >= 15 is 0 Å². The molecule has 0 unspecified atom stereocenters. The number of hydrogen-bond donors (Lipinski definition) is 0. The third-order valence-corrected chi connectivity index (χ3v) is 6.88. The second kappa shape index (κ2) is 8.58. The molecule has 0 bridgehead atoms. The summed E-state index contributed by atoms with van der Waals surface area (Å²) >= 11 is 0. The Bertz CT molecular complexity index is 557. The number of hydrogen-bond acceptors (Lipinski definition) is 3. The Morgan fingerprint density at radius 1 is 0.917 bits per heavy atom. The van der Waals surface area contributed by atoms with E-state index in [2.05, 4.69) is 55.5 Å². The molecule has 3 rings (SSSR count). The van der Waals surface area contributed by atoms with Gasteiger partial charge in [0.15, 0.2) is 5.79 Å². The van der Waals surface area contributed by atoms with Crippen molar-refractivity contribution in [2.45, 2.75) is 32.0 Å². The van der Waals surface area contributed by atoms with Gasteiger partial charge < -0.3 is 13.9 Å². The van der Waals surface area contributed by atoms with Crippen molar-refractivity contribution in [3.63, 3.8) is 0 Å². The van der Waals surface area contributed by atoms with Gasteiger partial charge in [-0.2, -0.15) is 0 Å². The topological polar surface area (TPSA) is 27.7 Å². The first kappa shape index (κ1) is 17.4. The van der Waals surface area contributed by atoms with Gasteiger partial charge in [0.05, 0.1) is 19.8 Å². The Hall–Kier alpha value is -1.46. The van der Waals surface area contributed by atoms with E-state index in [9.17, 15) is 0 Å². The maximum Gasteiger partial charge on any atom is 0.240 e. The zero-order valence-corrected chi connectivity index (χ0v) is 15.5. The van der Waals surface area contributed by atoms with E-state index < -0.39 is 14.8 Å². The van der Waals surface area contributed by atoms with Gasteiger partial charge in [0.2, 0.25) is 9.04 Å². The summed E-state index contributed by atoms with van der Waals surface area (Å²) in [6.45, 7) is 4.02. The fourth-order valence-electron chi connectivity index (χ4n) is 3.09. The Balaban J connectivity index is 1.77. The zero-order valence-electron chi connectivity index (χ0n) is 14.3. The molecule has 0 N–H and O–H groups in total. The van der Waals surface area contributed by atoms with Gasteiger partial charge in [-0.05, 0) is 16.8 Å². The van der Waals surface area contributed by atoms with Crippen LogP contribution in [-0.4, -0.2) is 34.6 Å². The minimum Gasteiger partial charge on any atom is -0.405 e. The van der Waals surface area contributed by atoms with Crippen LogP contribution in [0.15, 0.2) is 60.7 Å². The van der Waals surface area contributed by atoms with E-state index in [1.54, 1.807) is 0 Å². The molecular weight excluding hydrogens is 316 g/mol. The van der Waals surface area contributed by atoms with Crippen LogP contribution in [0.3, 0.4) is 0 Å². The van der Waals surface area contributed by atoms with Crippen LogP contribution in [-0.2, 0) is 13.9 Å². The first-order valence-corrected chi connectivity index (χ1v) is 10.4. The maximum absolute atomic E-state index is 6.49. The van der Waals surface area contributed by atoms with Crippen molar-refractivity contribution in [3.8, 4) is 0 Å². The van der Waals surface area contributed by atoms with Crippen molar-refractivity contribution in [1.82, 2.24) is 0 Å². The molecule has 128 valence electrons. The minimum atomic E-state index is -1.74. The summed E-state index contributed by atoms with van der Waals surface area (Å²) in [7, 11) is -1.74. The molecule has 1 aliphatic rings. The van der Waals surface area contributed by atoms with Crippen LogP contribution in [0.4, 0.5) is 0 Å². The van der Waals surface area contributed by atoms with Gasteiger partial charge in [-0.15, -0.1) is 0 Å². The molecule has 4 heteroatoms. The smallest absolute Gasteiger partial charge is 0.240 e. The predicted octanol–water partition coefficient (Wildman–Crippen LogP) is 2.47. The summed E-state index contributed by atoms with van der Waals surface area (Å²) in [5.41, 5.74) is 0. The molecule has 0 aromatic heterocycles. The number of benzene rings is 2. The fraction of sp³-hybridized carbons (Fsp3) is 0.400. The SMILES string of the molecule is CCCCC1(CO[SiH](c2ccccc2)c2ccccc2)OCCO1. The average molecular weight is 343 g/mol. The number of unbranched alkanes of at least 4 members (excludes halogenated alkanes) is 1. The van der Waals surface area contributed by atoms with Gasteiger partial charge in [-0.25, -0.2) is 0 Å². The highest BCUT2D eigenvalue weighted by Crippen LogP contribution is 2.26. The summed E-state index contributed by atoms with van der Waals surface area (Å²) in [5, 5.41) is 2.57. The van der Waals surface area contributed by atoms with Crippen molar-refractivity contribution < 1.29 is 13.9 Å². The number of ether oxygens (including phenoxy) is 2. The lowest BCUT2D eigenvalue weighted by Crippen LogP contribution is -2.49. The molecule has 2 aromatic rings. The molecule has 1 fully saturated rings. The van der Waals surface area contributed by atoms with Crippen molar-refractivity contribution in [2.24, 2.45) is 0 Å². The van der Waals surface area contributed by atoms with Crippen LogP contribution in [0.1, 0.15) is 26.2 Å². The molecule has 2 aromatic carbocycles. The van der Waals surface area contributed by atoms with Gasteiger partial charge in [-0.3, -0.25) is 0 Å². The van der Waals surface area contributed by atoms with Crippen LogP contribution in [0.5, 0.6) is 0 Å². The predicted molar refractivity (Wildman–Crippen MR) is 99.4 cm³/mol. The van der Waals surface area contributed by atoms with Crippen LogP contribution in [0.2, 0.25) is 0 Å². The molecule has 0 spiro atoms. The molecule has 3 nitrogen and oxygen atoms in total. The van der Waals surface area contributed by atoms with Gasteiger partial charge in [0, 0.05) is 6.42 Å². The van der Waals surface area contributed by atoms with E-state index in [1.807, 2.05) is 12.1 Å². The quantitative estimate of drug-likeness (QED) is 0.690. The van der Waals surface area contributed by atoms with E-state index in [-0.39, 0.29) is 0 Å². The van der Waals surface area contributed by atoms with Crippen molar-refractivity contribution in [3.05, 3.63) is 60.7 Å². The molecule has 1 aliphatic heterocycles. The van der Waals surface area contributed by atoms with E-state index in [0.29, 0.717) is 19.8 Å². The van der Waals surface area contributed by atoms with E-state index in [0.717, 1.165) is 19.3 Å². The Labute approximate surface area is 146 Å². The second-order valence-electron chi connectivity index (χ2n) is 6.22. The van der Waals surface area contributed by atoms with Gasteiger partial charge in [-0.1, -0.05) is 74.0 Å². The average Bonchev–Trinajstić information content (AvgIpc) is 3.11. The lowest BCUT2D eigenvalue weighted by molar-refractivity contribution is -0.182. The van der Waals surface area contributed by atoms with E-state index in [4.69, 9.17) is 13.9 Å². The van der Waals surface area contributed by atoms with Gasteiger partial charge in [0.25, 0.3) is 0 Å². The molecule has 0 aliphatic carbocycles. The third kappa shape index (κ3) is 4.33. The Kier molecular flexibility index (Phi) is 6.21. The largest absolute Gasteiger partial charge is 0.405 e. The maximum atomic E-state index is 6.49. The number of rotatable bonds is 8. The monoisotopic (exact) mass is 342 g/mol. The van der Waals surface area contributed by atoms with Crippen LogP contribution in [0.25, 0.3) is 0 Å². The van der Waals surface area contributed by atoms with Gasteiger partial charge >= 0.3 is 0 Å². The summed E-state index contributed by atoms with van der Waals surface area (Å²) in [6.07, 6.45) is 3.12. The molecule has 0 atom stereocenters. The van der Waals surface area contributed by atoms with Crippen molar-refractivity contribution in [2.75, 3.05) is 19.8 Å². The molecule has 1 heterocycles.